The fraction of sp³-hybridized carbons (Fsp3) is 0.614. The Morgan fingerprint density at radius 2 is 1.36 bits per heavy atom. The van der Waals surface area contributed by atoms with Gasteiger partial charge in [-0.1, -0.05) is 79.1 Å². The van der Waals surface area contributed by atoms with Crippen molar-refractivity contribution in [1.82, 2.24) is 47.4 Å². The summed E-state index contributed by atoms with van der Waals surface area (Å²) in [5, 5.41) is 21.0. The first-order valence-corrected chi connectivity index (χ1v) is 25.7. The van der Waals surface area contributed by atoms with E-state index in [2.05, 4.69) is 42.5 Å². The monoisotopic (exact) mass is 1020 g/mol. The van der Waals surface area contributed by atoms with E-state index in [1.54, 1.807) is 44.2 Å². The third kappa shape index (κ3) is 19.4. The lowest BCUT2D eigenvalue weighted by molar-refractivity contribution is -0.142. The number of carbonyl (C=O) groups excluding carboxylic acids is 11. The highest BCUT2D eigenvalue weighted by molar-refractivity contribution is 8.76. The van der Waals surface area contributed by atoms with Crippen molar-refractivity contribution < 1.29 is 52.7 Å². The van der Waals surface area contributed by atoms with Crippen molar-refractivity contribution in [3.05, 3.63) is 35.9 Å². The van der Waals surface area contributed by atoms with Gasteiger partial charge in [0, 0.05) is 24.5 Å². The fourth-order valence-corrected chi connectivity index (χ4v) is 9.76. The van der Waals surface area contributed by atoms with Crippen LogP contribution in [0.25, 0.3) is 0 Å². The normalized spacial score (nSPS) is 24.0. The van der Waals surface area contributed by atoms with Crippen molar-refractivity contribution in [1.29, 1.82) is 0 Å². The molecule has 2 aliphatic rings. The molecule has 2 aliphatic heterocycles. The van der Waals surface area contributed by atoms with Gasteiger partial charge < -0.3 is 70.4 Å². The Hall–Kier alpha value is -5.99. The SMILES string of the molecule is CCCNCCC[C@H](NC(=O)[C@@H]1CCCN1C(=O)[C@@H]1CSSC[C@H](N)C(=O)N[C@@H](Cc2ccccc2)C(=O)N[C@@H]([C@@H](C)CC)C(=O)N[C@@H](CC(N)=O)C(=O)N[C@@H](CC(N)=O)C(=O)N1)C(=O)NCC(N)=O. The summed E-state index contributed by atoms with van der Waals surface area (Å²) in [4.78, 5) is 149. The highest BCUT2D eigenvalue weighted by Crippen LogP contribution is 2.26. The molecule has 11 amide bonds. The second-order valence-corrected chi connectivity index (χ2v) is 19.7. The van der Waals surface area contributed by atoms with Crippen LogP contribution in [0, 0.1) is 5.92 Å². The van der Waals surface area contributed by atoms with Gasteiger partial charge in [-0.2, -0.15) is 0 Å². The van der Waals surface area contributed by atoms with Gasteiger partial charge >= 0.3 is 0 Å². The molecular formula is C44H69N13O11S2. The van der Waals surface area contributed by atoms with E-state index in [4.69, 9.17) is 22.9 Å². The van der Waals surface area contributed by atoms with E-state index in [1.165, 1.54) is 4.90 Å². The summed E-state index contributed by atoms with van der Waals surface area (Å²) in [7, 11) is 2.08. The van der Waals surface area contributed by atoms with E-state index in [-0.39, 0.29) is 37.3 Å². The minimum absolute atomic E-state index is 0.00545. The first kappa shape index (κ1) is 58.3. The van der Waals surface area contributed by atoms with Crippen LogP contribution in [0.5, 0.6) is 0 Å². The van der Waals surface area contributed by atoms with Crippen LogP contribution in [-0.2, 0) is 59.2 Å². The summed E-state index contributed by atoms with van der Waals surface area (Å²) in [6, 6.07) is -2.24. The van der Waals surface area contributed by atoms with Crippen LogP contribution >= 0.6 is 21.6 Å². The summed E-state index contributed by atoms with van der Waals surface area (Å²) in [6.07, 6.45) is 0.793. The minimum Gasteiger partial charge on any atom is -0.370 e. The second-order valence-electron chi connectivity index (χ2n) is 17.1. The molecule has 2 heterocycles. The molecule has 0 aromatic heterocycles. The van der Waals surface area contributed by atoms with Gasteiger partial charge in [-0.15, -0.1) is 0 Å². The van der Waals surface area contributed by atoms with E-state index in [1.807, 2.05) is 6.92 Å². The lowest BCUT2D eigenvalue weighted by Gasteiger charge is -2.31. The van der Waals surface area contributed by atoms with Crippen LogP contribution in [0.1, 0.15) is 77.7 Å². The predicted octanol–water partition coefficient (Wildman–Crippen LogP) is -3.97. The molecule has 70 heavy (non-hydrogen) atoms. The second kappa shape index (κ2) is 29.9. The molecular weight excluding hydrogens is 951 g/mol. The van der Waals surface area contributed by atoms with Crippen LogP contribution in [-0.4, -0.2) is 156 Å². The first-order valence-electron chi connectivity index (χ1n) is 23.3. The molecule has 9 atom stereocenters. The molecule has 1 aromatic carbocycles. The van der Waals surface area contributed by atoms with Gasteiger partial charge in [0.1, 0.15) is 42.3 Å². The standard InChI is InChI=1S/C44H69N13O11S2/c1-4-15-49-16-9-13-27(38(62)50-21-35(48)60)51-42(66)32-14-10-17-57(32)44(68)31-23-70-69-22-26(45)37(61)52-28(18-25-11-7-6-8-12-25)41(65)56-36(24(3)5-2)43(67)54-30(20-34(47)59)39(63)53-29(19-33(46)58)40(64)55-31/h6-8,11-12,24,26-32,36,49H,4-5,9-10,13-23,45H2,1-3H3,(H2,46,58)(H2,47,59)(H2,48,60)(H,50,62)(H,51,66)(H,52,61)(H,53,63)(H,54,67)(H,55,64)(H,56,65)/t24-,26-,27-,28-,29-,30-,31-,32-,36-/m0/s1. The summed E-state index contributed by atoms with van der Waals surface area (Å²) < 4.78 is 0. The van der Waals surface area contributed by atoms with Crippen LogP contribution in [0.3, 0.4) is 0 Å². The maximum absolute atomic E-state index is 14.5. The average molecular weight is 1020 g/mol. The molecule has 3 rings (SSSR count). The van der Waals surface area contributed by atoms with Crippen molar-refractivity contribution in [2.24, 2.45) is 28.9 Å². The highest BCUT2D eigenvalue weighted by Gasteiger charge is 2.41. The van der Waals surface area contributed by atoms with E-state index < -0.39 is 139 Å². The van der Waals surface area contributed by atoms with Crippen LogP contribution < -0.4 is 65.5 Å². The number of benzene rings is 1. The molecule has 16 N–H and O–H groups in total. The lowest BCUT2D eigenvalue weighted by Crippen LogP contribution is -2.62. The molecule has 26 heteroatoms. The van der Waals surface area contributed by atoms with Crippen molar-refractivity contribution in [3.63, 3.8) is 0 Å². The molecule has 0 saturated carbocycles. The van der Waals surface area contributed by atoms with Gasteiger partial charge in [0.05, 0.1) is 25.4 Å². The van der Waals surface area contributed by atoms with E-state index >= 15 is 0 Å². The van der Waals surface area contributed by atoms with Gasteiger partial charge in [-0.25, -0.2) is 0 Å². The largest absolute Gasteiger partial charge is 0.370 e. The fourth-order valence-electron chi connectivity index (χ4n) is 7.48. The zero-order valence-electron chi connectivity index (χ0n) is 39.8. The van der Waals surface area contributed by atoms with Crippen LogP contribution in [0.2, 0.25) is 0 Å². The summed E-state index contributed by atoms with van der Waals surface area (Å²) in [6.45, 7) is 6.25. The Bertz CT molecular complexity index is 2020. The van der Waals surface area contributed by atoms with E-state index in [9.17, 15) is 52.7 Å². The number of nitrogens with one attached hydrogen (secondary N) is 8. The number of likely N-dealkylation sites (tertiary alicyclic amines) is 1. The maximum Gasteiger partial charge on any atom is 0.246 e. The van der Waals surface area contributed by atoms with Gasteiger partial charge in [-0.3, -0.25) is 52.7 Å². The number of primary amides is 3. The Morgan fingerprint density at radius 1 is 0.757 bits per heavy atom. The van der Waals surface area contributed by atoms with Crippen molar-refractivity contribution >= 4 is 86.6 Å². The molecule has 2 fully saturated rings. The third-order valence-electron chi connectivity index (χ3n) is 11.5. The number of nitrogens with zero attached hydrogens (tertiary/aromatic N) is 1. The molecule has 0 bridgehead atoms. The molecule has 388 valence electrons. The van der Waals surface area contributed by atoms with Crippen molar-refractivity contribution in [2.75, 3.05) is 37.7 Å². The number of hydrogen-bond acceptors (Lipinski definition) is 15. The number of rotatable bonds is 20. The van der Waals surface area contributed by atoms with Gasteiger partial charge in [0.15, 0.2) is 0 Å². The average Bonchev–Trinajstić information content (AvgIpc) is 3.81. The quantitative estimate of drug-likeness (QED) is 0.0438. The third-order valence-corrected chi connectivity index (χ3v) is 13.9. The Kier molecular flexibility index (Phi) is 24.9. The molecule has 0 unspecified atom stereocenters. The number of nitrogens with two attached hydrogens (primary N) is 4. The summed E-state index contributed by atoms with van der Waals surface area (Å²) in [5.41, 5.74) is 23.2. The topological polar surface area (TPSA) is 391 Å². The zero-order valence-corrected chi connectivity index (χ0v) is 41.4. The molecule has 2 saturated heterocycles. The first-order chi connectivity index (χ1) is 33.2. The number of carbonyl (C=O) groups is 11. The molecule has 0 radical (unpaired) electrons. The van der Waals surface area contributed by atoms with Crippen molar-refractivity contribution in [2.45, 2.75) is 127 Å². The Morgan fingerprint density at radius 3 is 1.97 bits per heavy atom. The number of hydrogen-bond donors (Lipinski definition) is 12. The van der Waals surface area contributed by atoms with E-state index in [0.29, 0.717) is 31.4 Å². The van der Waals surface area contributed by atoms with Crippen LogP contribution in [0.4, 0.5) is 0 Å². The highest BCUT2D eigenvalue weighted by atomic mass is 33.1. The van der Waals surface area contributed by atoms with Crippen molar-refractivity contribution in [3.8, 4) is 0 Å². The van der Waals surface area contributed by atoms with Gasteiger partial charge in [0.25, 0.3) is 0 Å². The molecule has 1 aromatic rings. The van der Waals surface area contributed by atoms with Gasteiger partial charge in [0.2, 0.25) is 65.0 Å². The minimum atomic E-state index is -1.78. The Balaban J connectivity index is 2.01. The van der Waals surface area contributed by atoms with Crippen LogP contribution in [0.15, 0.2) is 30.3 Å². The van der Waals surface area contributed by atoms with Gasteiger partial charge in [-0.05, 0) is 56.7 Å². The molecule has 24 nitrogen and oxygen atoms in total. The summed E-state index contributed by atoms with van der Waals surface area (Å²) in [5.74, 6) is -10.4. The lowest BCUT2D eigenvalue weighted by atomic mass is 9.96. The smallest absolute Gasteiger partial charge is 0.246 e. The molecule has 0 spiro atoms. The predicted molar refractivity (Wildman–Crippen MR) is 261 cm³/mol. The van der Waals surface area contributed by atoms with E-state index in [0.717, 1.165) is 34.6 Å². The molecule has 0 aliphatic carbocycles. The Labute approximate surface area is 414 Å². The number of amides is 11. The maximum atomic E-state index is 14.5. The zero-order chi connectivity index (χ0) is 51.9. The summed E-state index contributed by atoms with van der Waals surface area (Å²) >= 11 is 0.